The lowest BCUT2D eigenvalue weighted by Gasteiger charge is -2.10. The van der Waals surface area contributed by atoms with Crippen molar-refractivity contribution >= 4 is 11.8 Å². The van der Waals surface area contributed by atoms with Gasteiger partial charge < -0.3 is 15.6 Å². The minimum absolute atomic E-state index is 0.0837. The summed E-state index contributed by atoms with van der Waals surface area (Å²) >= 11 is 0. The average molecular weight is 353 g/mol. The molecular weight excluding hydrogens is 339 g/mol. The number of aliphatic imine (C=N–C) groups is 1. The summed E-state index contributed by atoms with van der Waals surface area (Å²) in [5, 5.41) is 10.0. The van der Waals surface area contributed by atoms with E-state index in [4.69, 9.17) is 5.73 Å². The predicted octanol–water partition coefficient (Wildman–Crippen LogP) is 2.35. The molecule has 0 radical (unpaired) electrons. The van der Waals surface area contributed by atoms with Crippen molar-refractivity contribution in [2.45, 2.75) is 6.18 Å². The van der Waals surface area contributed by atoms with Gasteiger partial charge in [-0.05, 0) is 23.8 Å². The number of pyridine rings is 1. The van der Waals surface area contributed by atoms with Gasteiger partial charge in [-0.2, -0.15) is 13.2 Å². The van der Waals surface area contributed by atoms with E-state index in [0.29, 0.717) is 0 Å². The summed E-state index contributed by atoms with van der Waals surface area (Å²) in [5.41, 5.74) is 5.25. The Balaban J connectivity index is 2.32. The Morgan fingerprint density at radius 1 is 1.32 bits per heavy atom. The molecule has 0 aliphatic rings. The topological polar surface area (TPSA) is 97.8 Å². The molecule has 0 atom stereocenters. The molecule has 2 aromatic rings. The van der Waals surface area contributed by atoms with Crippen molar-refractivity contribution in [1.29, 1.82) is 0 Å². The Kier molecular flexibility index (Phi) is 5.26. The summed E-state index contributed by atoms with van der Waals surface area (Å²) < 4.78 is 42.7. The van der Waals surface area contributed by atoms with Gasteiger partial charge in [0.1, 0.15) is 23.8 Å². The van der Waals surface area contributed by atoms with Crippen LogP contribution in [0.4, 0.5) is 13.2 Å². The Bertz CT molecular complexity index is 820. The molecule has 9 heteroatoms. The van der Waals surface area contributed by atoms with Gasteiger partial charge in [-0.15, -0.1) is 0 Å². The molecule has 0 bridgehead atoms. The van der Waals surface area contributed by atoms with Crippen molar-refractivity contribution in [2.75, 3.05) is 13.7 Å². The summed E-state index contributed by atoms with van der Waals surface area (Å²) in [6.07, 6.45) is -3.22. The summed E-state index contributed by atoms with van der Waals surface area (Å²) in [6.45, 7) is -0.348. The first-order chi connectivity index (χ1) is 11.7. The van der Waals surface area contributed by atoms with Crippen LogP contribution in [0.1, 0.15) is 11.3 Å². The number of carbonyl (C=O) groups is 1. The highest BCUT2D eigenvalue weighted by molar-refractivity contribution is 5.99. The molecule has 0 amide bonds. The summed E-state index contributed by atoms with van der Waals surface area (Å²) in [5.74, 6) is -1.19. The number of nitrogens with zero attached hydrogens (tertiary/aromatic N) is 2. The predicted molar refractivity (Wildman–Crippen MR) is 83.9 cm³/mol. The van der Waals surface area contributed by atoms with Gasteiger partial charge in [0.15, 0.2) is 0 Å². The molecule has 132 valence electrons. The van der Waals surface area contributed by atoms with E-state index >= 15 is 0 Å². The SMILES string of the molecule is COC(=O)CN=C(N)c1ncc(-c2cccc(C(F)(F)F)c2)cc1O. The van der Waals surface area contributed by atoms with Crippen molar-refractivity contribution < 1.29 is 27.8 Å². The number of esters is 1. The lowest BCUT2D eigenvalue weighted by molar-refractivity contribution is -0.139. The van der Waals surface area contributed by atoms with Gasteiger partial charge in [-0.25, -0.2) is 4.98 Å². The van der Waals surface area contributed by atoms with E-state index in [1.165, 1.54) is 31.5 Å². The van der Waals surface area contributed by atoms with E-state index in [0.717, 1.165) is 12.1 Å². The molecule has 25 heavy (non-hydrogen) atoms. The number of aromatic nitrogens is 1. The van der Waals surface area contributed by atoms with Crippen molar-refractivity contribution in [2.24, 2.45) is 10.7 Å². The molecule has 0 saturated heterocycles. The number of nitrogens with two attached hydrogens (primary N) is 1. The Morgan fingerprint density at radius 3 is 2.64 bits per heavy atom. The lowest BCUT2D eigenvalue weighted by Crippen LogP contribution is -2.18. The number of aromatic hydroxyl groups is 1. The van der Waals surface area contributed by atoms with Gasteiger partial charge in [0, 0.05) is 11.8 Å². The Labute approximate surface area is 140 Å². The van der Waals surface area contributed by atoms with Crippen molar-refractivity contribution in [1.82, 2.24) is 4.98 Å². The number of ether oxygens (including phenoxy) is 1. The summed E-state index contributed by atoms with van der Waals surface area (Å²) in [7, 11) is 1.19. The second-order valence-electron chi connectivity index (χ2n) is 4.95. The molecule has 0 aliphatic heterocycles. The Hall–Kier alpha value is -3.10. The molecule has 3 N–H and O–H groups in total. The van der Waals surface area contributed by atoms with Crippen molar-refractivity contribution in [3.8, 4) is 16.9 Å². The minimum Gasteiger partial charge on any atom is -0.506 e. The first-order valence-electron chi connectivity index (χ1n) is 6.96. The molecule has 0 aliphatic carbocycles. The fraction of sp³-hybridized carbons (Fsp3) is 0.188. The zero-order chi connectivity index (χ0) is 18.6. The second-order valence-corrected chi connectivity index (χ2v) is 4.95. The lowest BCUT2D eigenvalue weighted by atomic mass is 10.0. The number of amidine groups is 1. The van der Waals surface area contributed by atoms with Gasteiger partial charge in [0.2, 0.25) is 0 Å². The Morgan fingerprint density at radius 2 is 2.04 bits per heavy atom. The maximum absolute atomic E-state index is 12.8. The quantitative estimate of drug-likeness (QED) is 0.499. The molecular formula is C16H14F3N3O3. The number of rotatable bonds is 4. The highest BCUT2D eigenvalue weighted by Gasteiger charge is 2.30. The number of benzene rings is 1. The molecule has 0 unspecified atom stereocenters. The van der Waals surface area contributed by atoms with E-state index in [-0.39, 0.29) is 35.0 Å². The van der Waals surface area contributed by atoms with Crippen LogP contribution in [0.2, 0.25) is 0 Å². The average Bonchev–Trinajstić information content (AvgIpc) is 2.58. The minimum atomic E-state index is -4.48. The first kappa shape index (κ1) is 18.2. The number of hydrogen-bond donors (Lipinski definition) is 2. The first-order valence-corrected chi connectivity index (χ1v) is 6.96. The molecule has 1 heterocycles. The molecule has 0 fully saturated rings. The van der Waals surface area contributed by atoms with Crippen molar-refractivity contribution in [3.05, 3.63) is 47.8 Å². The molecule has 6 nitrogen and oxygen atoms in total. The van der Waals surface area contributed by atoms with Gasteiger partial charge in [-0.1, -0.05) is 12.1 Å². The maximum Gasteiger partial charge on any atom is 0.416 e. The van der Waals surface area contributed by atoms with E-state index in [2.05, 4.69) is 14.7 Å². The highest BCUT2D eigenvalue weighted by Crippen LogP contribution is 2.33. The van der Waals surface area contributed by atoms with Crippen LogP contribution in [0, 0.1) is 0 Å². The monoisotopic (exact) mass is 353 g/mol. The molecule has 1 aromatic carbocycles. The van der Waals surface area contributed by atoms with E-state index < -0.39 is 17.7 Å². The molecule has 1 aromatic heterocycles. The molecule has 0 spiro atoms. The largest absolute Gasteiger partial charge is 0.506 e. The normalized spacial score (nSPS) is 12.1. The van der Waals surface area contributed by atoms with E-state index in [1.54, 1.807) is 0 Å². The fourth-order valence-electron chi connectivity index (χ4n) is 1.97. The summed E-state index contributed by atoms with van der Waals surface area (Å²) in [4.78, 5) is 18.7. The third-order valence-electron chi connectivity index (χ3n) is 3.24. The van der Waals surface area contributed by atoms with Crippen LogP contribution in [0.15, 0.2) is 41.5 Å². The fourth-order valence-corrected chi connectivity index (χ4v) is 1.97. The van der Waals surface area contributed by atoms with Gasteiger partial charge in [0.05, 0.1) is 12.7 Å². The number of carbonyl (C=O) groups excluding carboxylic acids is 1. The number of methoxy groups -OCH3 is 1. The molecule has 0 saturated carbocycles. The van der Waals surface area contributed by atoms with Crippen LogP contribution >= 0.6 is 0 Å². The van der Waals surface area contributed by atoms with E-state index in [9.17, 15) is 23.1 Å². The smallest absolute Gasteiger partial charge is 0.416 e. The van der Waals surface area contributed by atoms with Crippen LogP contribution in [0.3, 0.4) is 0 Å². The van der Waals surface area contributed by atoms with Crippen LogP contribution < -0.4 is 5.73 Å². The van der Waals surface area contributed by atoms with Crippen LogP contribution in [-0.4, -0.2) is 35.5 Å². The summed E-state index contributed by atoms with van der Waals surface area (Å²) in [6, 6.07) is 5.83. The third-order valence-corrected chi connectivity index (χ3v) is 3.24. The number of alkyl halides is 3. The number of halogens is 3. The zero-order valence-corrected chi connectivity index (χ0v) is 13.0. The van der Waals surface area contributed by atoms with E-state index in [1.807, 2.05) is 0 Å². The van der Waals surface area contributed by atoms with Gasteiger partial charge >= 0.3 is 12.1 Å². The van der Waals surface area contributed by atoms with Crippen molar-refractivity contribution in [3.63, 3.8) is 0 Å². The maximum atomic E-state index is 12.8. The van der Waals surface area contributed by atoms with Crippen LogP contribution in [0.5, 0.6) is 5.75 Å². The van der Waals surface area contributed by atoms with Crippen LogP contribution in [-0.2, 0) is 15.7 Å². The second kappa shape index (κ2) is 7.20. The highest BCUT2D eigenvalue weighted by atomic mass is 19.4. The van der Waals surface area contributed by atoms with Gasteiger partial charge in [-0.3, -0.25) is 9.79 Å². The molecule has 2 rings (SSSR count). The van der Waals surface area contributed by atoms with Gasteiger partial charge in [0.25, 0.3) is 0 Å². The van der Waals surface area contributed by atoms with Crippen LogP contribution in [0.25, 0.3) is 11.1 Å². The standard InChI is InChI=1S/C16H14F3N3O3/c1-25-13(24)8-22-15(20)14-12(23)6-10(7-21-14)9-3-2-4-11(5-9)16(17,18)19/h2-7,23H,8H2,1H3,(H2,20,22). The third kappa shape index (κ3) is 4.46. The zero-order valence-electron chi connectivity index (χ0n) is 13.0. The number of hydrogen-bond acceptors (Lipinski definition) is 5.